The Bertz CT molecular complexity index is 445. The maximum Gasteiger partial charge on any atom is 0.329 e. The number of carbonyl (C=O) groups is 2. The molecule has 0 aliphatic rings. The van der Waals surface area contributed by atoms with Crippen LogP contribution in [0.15, 0.2) is 24.3 Å². The van der Waals surface area contributed by atoms with Gasteiger partial charge in [0.1, 0.15) is 6.61 Å². The Morgan fingerprint density at radius 1 is 1.30 bits per heavy atom. The molecule has 1 rings (SSSR count). The average molecular weight is 280 g/mol. The van der Waals surface area contributed by atoms with Crippen molar-refractivity contribution >= 4 is 17.7 Å². The number of anilines is 1. The fourth-order valence-corrected chi connectivity index (χ4v) is 1.58. The van der Waals surface area contributed by atoms with E-state index in [0.717, 1.165) is 12.1 Å². The molecule has 20 heavy (non-hydrogen) atoms. The maximum atomic E-state index is 11.8. The fourth-order valence-electron chi connectivity index (χ4n) is 1.58. The number of carboxylic acids is 1. The van der Waals surface area contributed by atoms with E-state index in [2.05, 4.69) is 12.2 Å². The number of carboxylic acid groups (broad SMARTS) is 1. The number of hydrogen-bond donors (Lipinski definition) is 2. The number of nitrogens with one attached hydrogen (secondary N) is 1. The number of aliphatic carboxylic acids is 1. The van der Waals surface area contributed by atoms with E-state index in [0.29, 0.717) is 0 Å². The predicted octanol–water partition coefficient (Wildman–Crippen LogP) is 1.50. The van der Waals surface area contributed by atoms with E-state index < -0.39 is 5.97 Å². The largest absolute Gasteiger partial charge is 0.480 e. The summed E-state index contributed by atoms with van der Waals surface area (Å²) in [5.41, 5.74) is 2.01. The summed E-state index contributed by atoms with van der Waals surface area (Å²) in [5, 5.41) is 11.0. The molecule has 0 aromatic heterocycles. The van der Waals surface area contributed by atoms with Crippen molar-refractivity contribution in [3.63, 3.8) is 0 Å². The summed E-state index contributed by atoms with van der Waals surface area (Å²) in [4.78, 5) is 23.6. The monoisotopic (exact) mass is 280 g/mol. The number of ether oxygens (including phenoxy) is 1. The highest BCUT2D eigenvalue weighted by molar-refractivity contribution is 5.91. The van der Waals surface area contributed by atoms with Crippen molar-refractivity contribution in [2.45, 2.75) is 13.3 Å². The summed E-state index contributed by atoms with van der Waals surface area (Å²) in [6, 6.07) is 7.48. The van der Waals surface area contributed by atoms with Gasteiger partial charge in [0, 0.05) is 19.3 Å². The van der Waals surface area contributed by atoms with E-state index in [-0.39, 0.29) is 25.8 Å². The van der Waals surface area contributed by atoms with E-state index in [1.165, 1.54) is 10.5 Å². The van der Waals surface area contributed by atoms with Crippen LogP contribution in [0, 0.1) is 0 Å². The molecule has 6 heteroatoms. The van der Waals surface area contributed by atoms with Crippen LogP contribution in [0.1, 0.15) is 12.5 Å². The molecule has 0 saturated heterocycles. The first-order valence-corrected chi connectivity index (χ1v) is 6.44. The molecule has 2 amide bonds. The molecule has 0 unspecified atom stereocenters. The first-order chi connectivity index (χ1) is 9.54. The molecule has 0 heterocycles. The van der Waals surface area contributed by atoms with Gasteiger partial charge >= 0.3 is 12.0 Å². The zero-order chi connectivity index (χ0) is 15.0. The first kappa shape index (κ1) is 16.0. The SMILES string of the molecule is CCc1ccc(N(C)C(=O)NCCOCC(=O)O)cc1. The zero-order valence-electron chi connectivity index (χ0n) is 11.8. The van der Waals surface area contributed by atoms with Gasteiger partial charge in [-0.2, -0.15) is 0 Å². The Morgan fingerprint density at radius 2 is 1.95 bits per heavy atom. The van der Waals surface area contributed by atoms with Gasteiger partial charge < -0.3 is 15.2 Å². The summed E-state index contributed by atoms with van der Waals surface area (Å²) in [6.07, 6.45) is 0.955. The van der Waals surface area contributed by atoms with Crippen molar-refractivity contribution in [3.8, 4) is 0 Å². The van der Waals surface area contributed by atoms with Gasteiger partial charge in [-0.3, -0.25) is 4.90 Å². The van der Waals surface area contributed by atoms with Crippen LogP contribution >= 0.6 is 0 Å². The Morgan fingerprint density at radius 3 is 2.50 bits per heavy atom. The molecule has 0 aliphatic carbocycles. The Balaban J connectivity index is 2.36. The lowest BCUT2D eigenvalue weighted by Gasteiger charge is -2.18. The second-order valence-corrected chi connectivity index (χ2v) is 4.26. The van der Waals surface area contributed by atoms with Crippen LogP contribution in [-0.2, 0) is 16.0 Å². The van der Waals surface area contributed by atoms with Gasteiger partial charge in [0.15, 0.2) is 0 Å². The lowest BCUT2D eigenvalue weighted by molar-refractivity contribution is -0.142. The van der Waals surface area contributed by atoms with Crippen molar-refractivity contribution in [1.82, 2.24) is 5.32 Å². The smallest absolute Gasteiger partial charge is 0.329 e. The van der Waals surface area contributed by atoms with Crippen LogP contribution in [0.4, 0.5) is 10.5 Å². The minimum atomic E-state index is -1.02. The van der Waals surface area contributed by atoms with Gasteiger partial charge in [-0.1, -0.05) is 19.1 Å². The second kappa shape index (κ2) is 8.16. The topological polar surface area (TPSA) is 78.9 Å². The molecule has 6 nitrogen and oxygen atoms in total. The molecular weight excluding hydrogens is 260 g/mol. The van der Waals surface area contributed by atoms with Gasteiger partial charge in [-0.05, 0) is 24.1 Å². The van der Waals surface area contributed by atoms with E-state index in [1.54, 1.807) is 7.05 Å². The third-order valence-electron chi connectivity index (χ3n) is 2.78. The van der Waals surface area contributed by atoms with E-state index in [9.17, 15) is 9.59 Å². The zero-order valence-corrected chi connectivity index (χ0v) is 11.8. The van der Waals surface area contributed by atoms with Gasteiger partial charge in [-0.15, -0.1) is 0 Å². The van der Waals surface area contributed by atoms with Crippen LogP contribution in [0.2, 0.25) is 0 Å². The number of amides is 2. The summed E-state index contributed by atoms with van der Waals surface area (Å²) < 4.78 is 4.83. The number of benzene rings is 1. The minimum absolute atomic E-state index is 0.167. The molecule has 0 radical (unpaired) electrons. The van der Waals surface area contributed by atoms with Crippen LogP contribution in [0.3, 0.4) is 0 Å². The Hall–Kier alpha value is -2.08. The first-order valence-electron chi connectivity index (χ1n) is 6.44. The van der Waals surface area contributed by atoms with Crippen LogP contribution in [0.25, 0.3) is 0 Å². The van der Waals surface area contributed by atoms with E-state index in [4.69, 9.17) is 9.84 Å². The summed E-state index contributed by atoms with van der Waals surface area (Å²) in [7, 11) is 1.67. The molecule has 1 aromatic rings. The number of nitrogens with zero attached hydrogens (tertiary/aromatic N) is 1. The molecule has 0 atom stereocenters. The number of hydrogen-bond acceptors (Lipinski definition) is 3. The summed E-state index contributed by atoms with van der Waals surface area (Å²) >= 11 is 0. The van der Waals surface area contributed by atoms with Gasteiger partial charge in [0.2, 0.25) is 0 Å². The Labute approximate surface area is 118 Å². The number of rotatable bonds is 7. The summed E-state index contributed by atoms with van der Waals surface area (Å²) in [5.74, 6) is -1.02. The highest BCUT2D eigenvalue weighted by Gasteiger charge is 2.09. The van der Waals surface area contributed by atoms with Crippen molar-refractivity contribution in [3.05, 3.63) is 29.8 Å². The molecule has 0 fully saturated rings. The number of carbonyl (C=O) groups excluding carboxylic acids is 1. The van der Waals surface area contributed by atoms with Crippen LogP contribution in [0.5, 0.6) is 0 Å². The normalized spacial score (nSPS) is 10.1. The molecule has 0 aliphatic heterocycles. The predicted molar refractivity (Wildman–Crippen MR) is 76.1 cm³/mol. The number of urea groups is 1. The second-order valence-electron chi connectivity index (χ2n) is 4.26. The molecular formula is C14H20N2O4. The van der Waals surface area contributed by atoms with Gasteiger partial charge in [-0.25, -0.2) is 9.59 Å². The number of aryl methyl sites for hydroxylation is 1. The van der Waals surface area contributed by atoms with Gasteiger partial charge in [0.05, 0.1) is 6.61 Å². The molecule has 110 valence electrons. The van der Waals surface area contributed by atoms with Crippen LogP contribution in [-0.4, -0.2) is 43.9 Å². The minimum Gasteiger partial charge on any atom is -0.480 e. The molecule has 1 aromatic carbocycles. The van der Waals surface area contributed by atoms with Crippen molar-refractivity contribution in [1.29, 1.82) is 0 Å². The highest BCUT2D eigenvalue weighted by Crippen LogP contribution is 2.14. The average Bonchev–Trinajstić information content (AvgIpc) is 2.45. The third-order valence-corrected chi connectivity index (χ3v) is 2.78. The standard InChI is InChI=1S/C14H20N2O4/c1-3-11-4-6-12(7-5-11)16(2)14(19)15-8-9-20-10-13(17)18/h4-7H,3,8-10H2,1-2H3,(H,15,19)(H,17,18). The highest BCUT2D eigenvalue weighted by atomic mass is 16.5. The summed E-state index contributed by atoms with van der Waals surface area (Å²) in [6.45, 7) is 2.15. The lowest BCUT2D eigenvalue weighted by atomic mass is 10.1. The third kappa shape index (κ3) is 5.27. The van der Waals surface area contributed by atoms with Crippen molar-refractivity contribution in [2.75, 3.05) is 31.7 Å². The van der Waals surface area contributed by atoms with Crippen LogP contribution < -0.4 is 10.2 Å². The van der Waals surface area contributed by atoms with Crippen molar-refractivity contribution < 1.29 is 19.4 Å². The lowest BCUT2D eigenvalue weighted by Crippen LogP contribution is -2.39. The van der Waals surface area contributed by atoms with Crippen molar-refractivity contribution in [2.24, 2.45) is 0 Å². The molecule has 0 spiro atoms. The Kier molecular flexibility index (Phi) is 6.52. The van der Waals surface area contributed by atoms with E-state index in [1.807, 2.05) is 24.3 Å². The quantitative estimate of drug-likeness (QED) is 0.742. The molecule has 2 N–H and O–H groups in total. The molecule has 0 bridgehead atoms. The van der Waals surface area contributed by atoms with Gasteiger partial charge in [0.25, 0.3) is 0 Å². The fraction of sp³-hybridized carbons (Fsp3) is 0.429. The maximum absolute atomic E-state index is 11.8. The molecule has 0 saturated carbocycles. The van der Waals surface area contributed by atoms with E-state index >= 15 is 0 Å².